The van der Waals surface area contributed by atoms with Gasteiger partial charge in [-0.15, -0.1) is 0 Å². The highest BCUT2D eigenvalue weighted by molar-refractivity contribution is 6.00. The van der Waals surface area contributed by atoms with Gasteiger partial charge in [-0.2, -0.15) is 0 Å². The maximum atomic E-state index is 13.1. The van der Waals surface area contributed by atoms with Crippen molar-refractivity contribution in [3.63, 3.8) is 0 Å². The molecule has 1 fully saturated rings. The van der Waals surface area contributed by atoms with Crippen molar-refractivity contribution in [2.75, 3.05) is 0 Å². The van der Waals surface area contributed by atoms with Gasteiger partial charge >= 0.3 is 11.9 Å². The van der Waals surface area contributed by atoms with E-state index in [0.29, 0.717) is 30.3 Å². The number of unbranched alkanes of at least 4 members (excludes halogenated alkanes) is 2. The molecule has 0 radical (unpaired) electrons. The van der Waals surface area contributed by atoms with Gasteiger partial charge in [0.15, 0.2) is 0 Å². The summed E-state index contributed by atoms with van der Waals surface area (Å²) >= 11 is 0. The molecule has 1 aliphatic carbocycles. The lowest BCUT2D eigenvalue weighted by molar-refractivity contribution is -0.456. The molecule has 0 aromatic carbocycles. The van der Waals surface area contributed by atoms with Gasteiger partial charge in [0, 0.05) is 5.04 Å². The molecule has 164 valence electrons. The van der Waals surface area contributed by atoms with Crippen LogP contribution in [-0.4, -0.2) is 11.9 Å². The van der Waals surface area contributed by atoms with E-state index in [4.69, 9.17) is 9.78 Å². The van der Waals surface area contributed by atoms with Crippen LogP contribution in [0.25, 0.3) is 0 Å². The second kappa shape index (κ2) is 11.5. The van der Waals surface area contributed by atoms with Crippen LogP contribution in [0.1, 0.15) is 98.3 Å². The molecule has 29 heavy (non-hydrogen) atoms. The van der Waals surface area contributed by atoms with E-state index in [-0.39, 0.29) is 0 Å². The van der Waals surface area contributed by atoms with E-state index in [1.54, 1.807) is 0 Å². The van der Waals surface area contributed by atoms with Gasteiger partial charge in [-0.25, -0.2) is 9.59 Å². The molecule has 5 heteroatoms. The van der Waals surface area contributed by atoms with Crippen LogP contribution in [0.3, 0.4) is 0 Å². The summed E-state index contributed by atoms with van der Waals surface area (Å²) in [5.41, 5.74) is 0.374. The predicted octanol–water partition coefficient (Wildman–Crippen LogP) is 6.39. The third-order valence-corrected chi connectivity index (χ3v) is 6.63. The average Bonchev–Trinajstić information content (AvgIpc) is 2.85. The monoisotopic (exact) mass is 406 g/mol. The lowest BCUT2D eigenvalue weighted by Crippen LogP contribution is -2.39. The molecule has 1 saturated heterocycles. The fourth-order valence-electron chi connectivity index (χ4n) is 4.74. The Balaban J connectivity index is 2.42. The maximum Gasteiger partial charge on any atom is 0.374 e. The van der Waals surface area contributed by atoms with Gasteiger partial charge in [0.25, 0.3) is 0 Å². The van der Waals surface area contributed by atoms with Crippen LogP contribution in [0.5, 0.6) is 0 Å². The van der Waals surface area contributed by atoms with Crippen molar-refractivity contribution >= 4 is 11.9 Å². The van der Waals surface area contributed by atoms with Crippen molar-refractivity contribution in [2.45, 2.75) is 98.3 Å². The van der Waals surface area contributed by atoms with E-state index in [9.17, 15) is 9.59 Å². The smallest absolute Gasteiger partial charge is 0.259 e. The first kappa shape index (κ1) is 23.7. The van der Waals surface area contributed by atoms with Crippen LogP contribution in [0, 0.1) is 17.3 Å². The third kappa shape index (κ3) is 5.71. The van der Waals surface area contributed by atoms with Gasteiger partial charge in [-0.1, -0.05) is 91.2 Å². The zero-order chi connectivity index (χ0) is 21.3. The minimum Gasteiger partial charge on any atom is -0.259 e. The van der Waals surface area contributed by atoms with Gasteiger partial charge < -0.3 is 0 Å². The Hall–Kier alpha value is -1.62. The topological polar surface area (TPSA) is 61.8 Å². The summed E-state index contributed by atoms with van der Waals surface area (Å²) in [6.07, 6.45) is 14.6. The molecule has 3 atom stereocenters. The number of rotatable bonds is 12. The summed E-state index contributed by atoms with van der Waals surface area (Å²) in [4.78, 5) is 35.7. The molecule has 3 unspecified atom stereocenters. The van der Waals surface area contributed by atoms with Crippen LogP contribution >= 0.6 is 0 Å². The van der Waals surface area contributed by atoms with Crippen LogP contribution in [-0.2, 0) is 24.4 Å². The molecule has 0 aromatic rings. The minimum absolute atomic E-state index is 0.346. The maximum absolute atomic E-state index is 13.1. The number of carbonyl (C=O) groups is 2. The van der Waals surface area contributed by atoms with E-state index in [1.165, 1.54) is 6.42 Å². The normalized spacial score (nSPS) is 23.9. The Kier molecular flexibility index (Phi) is 9.41. The Morgan fingerprint density at radius 2 is 1.62 bits per heavy atom. The molecule has 2 rings (SSSR count). The highest BCUT2D eigenvalue weighted by Crippen LogP contribution is 2.48. The van der Waals surface area contributed by atoms with Crippen LogP contribution in [0.2, 0.25) is 0 Å². The molecule has 0 amide bonds. The molecule has 0 spiro atoms. The Morgan fingerprint density at radius 3 is 2.24 bits per heavy atom. The van der Waals surface area contributed by atoms with Crippen molar-refractivity contribution in [2.24, 2.45) is 17.3 Å². The van der Waals surface area contributed by atoms with Gasteiger partial charge in [-0.05, 0) is 36.7 Å². The largest absolute Gasteiger partial charge is 0.374 e. The highest BCUT2D eigenvalue weighted by atomic mass is 17.5. The predicted molar refractivity (Wildman–Crippen MR) is 112 cm³/mol. The molecule has 1 heterocycles. The third-order valence-electron chi connectivity index (χ3n) is 6.63. The summed E-state index contributed by atoms with van der Waals surface area (Å²) in [5.74, 6) is -0.256. The zero-order valence-electron chi connectivity index (χ0n) is 18.6. The summed E-state index contributed by atoms with van der Waals surface area (Å²) in [6, 6.07) is 0. The van der Waals surface area contributed by atoms with Crippen molar-refractivity contribution < 1.29 is 24.4 Å². The van der Waals surface area contributed by atoms with E-state index >= 15 is 0 Å². The first-order valence-electron chi connectivity index (χ1n) is 11.5. The second-order valence-electron chi connectivity index (χ2n) is 8.64. The van der Waals surface area contributed by atoms with Crippen LogP contribution < -0.4 is 0 Å². The molecular weight excluding hydrogens is 368 g/mol. The lowest BCUT2D eigenvalue weighted by Gasteiger charge is -2.35. The Bertz CT molecular complexity index is 621. The summed E-state index contributed by atoms with van der Waals surface area (Å²) in [6.45, 7) is 8.70. The van der Waals surface area contributed by atoms with E-state index < -0.39 is 17.4 Å². The second-order valence-corrected chi connectivity index (χ2v) is 8.64. The van der Waals surface area contributed by atoms with Crippen molar-refractivity contribution in [3.8, 4) is 0 Å². The number of fused-ring (bicyclic) bond motifs is 1. The van der Waals surface area contributed by atoms with Gasteiger partial charge in [0.05, 0.1) is 5.57 Å². The molecule has 0 saturated carbocycles. The lowest BCUT2D eigenvalue weighted by atomic mass is 9.65. The molecule has 5 nitrogen and oxygen atoms in total. The summed E-state index contributed by atoms with van der Waals surface area (Å²) < 4.78 is 0. The average molecular weight is 407 g/mol. The number of allylic oxidation sites excluding steroid dienone is 3. The molecule has 0 bridgehead atoms. The van der Waals surface area contributed by atoms with E-state index in [0.717, 1.165) is 56.9 Å². The highest BCUT2D eigenvalue weighted by Gasteiger charge is 2.52. The first-order valence-corrected chi connectivity index (χ1v) is 11.5. The number of carbonyl (C=O) groups excluding carboxylic acids is 2. The standard InChI is InChI=1S/C24H38O5/c1-5-9-12-18(7-3)16-20-14-11-15-24(17-19(8-4)13-10-6-2)21(20)22(25)27-29-28-23(24)26/h11,14,18-19H,5-10,12-13,15-17H2,1-4H3. The molecule has 2 aliphatic rings. The van der Waals surface area contributed by atoms with Crippen LogP contribution in [0.4, 0.5) is 0 Å². The van der Waals surface area contributed by atoms with Gasteiger partial charge in [-0.3, -0.25) is 9.78 Å². The zero-order valence-corrected chi connectivity index (χ0v) is 18.6. The van der Waals surface area contributed by atoms with Crippen molar-refractivity contribution in [1.82, 2.24) is 0 Å². The summed E-state index contributed by atoms with van der Waals surface area (Å²) in [5, 5.41) is 4.52. The Morgan fingerprint density at radius 1 is 0.966 bits per heavy atom. The number of hydrogen-bond donors (Lipinski definition) is 0. The minimum atomic E-state index is -1.00. The quantitative estimate of drug-likeness (QED) is 0.351. The van der Waals surface area contributed by atoms with Gasteiger partial charge in [0.2, 0.25) is 0 Å². The van der Waals surface area contributed by atoms with E-state index in [2.05, 4.69) is 32.7 Å². The molecular formula is C24H38O5. The summed E-state index contributed by atoms with van der Waals surface area (Å²) in [7, 11) is 0. The van der Waals surface area contributed by atoms with Crippen molar-refractivity contribution in [3.05, 3.63) is 23.3 Å². The van der Waals surface area contributed by atoms with Crippen LogP contribution in [0.15, 0.2) is 23.3 Å². The fourth-order valence-corrected chi connectivity index (χ4v) is 4.74. The number of hydrogen-bond acceptors (Lipinski definition) is 5. The van der Waals surface area contributed by atoms with Gasteiger partial charge in [0.1, 0.15) is 5.41 Å². The molecule has 0 aromatic heterocycles. The Labute approximate surface area is 175 Å². The van der Waals surface area contributed by atoms with E-state index in [1.807, 2.05) is 12.2 Å². The fraction of sp³-hybridized carbons (Fsp3) is 0.750. The van der Waals surface area contributed by atoms with Crippen molar-refractivity contribution in [1.29, 1.82) is 0 Å². The SMILES string of the molecule is CCCCC(CC)CC1=C2C(=O)OOOC(=O)C2(CC(CC)CCCC)CC=C1. The molecule has 0 N–H and O–H groups in total. The molecule has 1 aliphatic heterocycles. The first-order chi connectivity index (χ1) is 14.0.